The summed E-state index contributed by atoms with van der Waals surface area (Å²) in [4.78, 5) is 24.0. The van der Waals surface area contributed by atoms with Crippen LogP contribution in [0.1, 0.15) is 43.3 Å². The topological polar surface area (TPSA) is 39.7 Å². The van der Waals surface area contributed by atoms with Crippen molar-refractivity contribution in [2.45, 2.75) is 45.2 Å². The number of rotatable bonds is 5. The van der Waals surface area contributed by atoms with E-state index in [2.05, 4.69) is 55.2 Å². The Labute approximate surface area is 150 Å². The number of aromatic nitrogens is 1. The second-order valence-corrected chi connectivity index (χ2v) is 8.53. The van der Waals surface area contributed by atoms with Crippen LogP contribution in [0, 0.1) is 5.92 Å². The van der Waals surface area contributed by atoms with E-state index in [1.165, 1.54) is 0 Å². The number of hydrogen-bond donors (Lipinski definition) is 0. The van der Waals surface area contributed by atoms with Crippen LogP contribution in [0.15, 0.2) is 5.38 Å². The van der Waals surface area contributed by atoms with Crippen LogP contribution in [0.3, 0.4) is 0 Å². The van der Waals surface area contributed by atoms with Crippen LogP contribution in [-0.2, 0) is 11.3 Å². The van der Waals surface area contributed by atoms with Crippen LogP contribution in [0.5, 0.6) is 0 Å². The van der Waals surface area contributed by atoms with Crippen LogP contribution in [-0.4, -0.2) is 72.9 Å². The maximum atomic E-state index is 12.9. The molecule has 0 spiro atoms. The van der Waals surface area contributed by atoms with Gasteiger partial charge in [0.05, 0.1) is 23.2 Å². The van der Waals surface area contributed by atoms with Crippen molar-refractivity contribution < 1.29 is 4.79 Å². The van der Waals surface area contributed by atoms with Crippen LogP contribution in [0.2, 0.25) is 0 Å². The van der Waals surface area contributed by atoms with Crippen molar-refractivity contribution in [2.75, 3.05) is 41.3 Å². The Morgan fingerprint density at radius 1 is 1.33 bits per heavy atom. The van der Waals surface area contributed by atoms with E-state index in [1.54, 1.807) is 11.3 Å². The summed E-state index contributed by atoms with van der Waals surface area (Å²) in [5.74, 6) is 0.789. The summed E-state index contributed by atoms with van der Waals surface area (Å²) >= 11 is 1.69. The number of nitrogens with zero attached hydrogens (tertiary/aromatic N) is 4. The molecule has 0 unspecified atom stereocenters. The van der Waals surface area contributed by atoms with Gasteiger partial charge in [0.1, 0.15) is 0 Å². The second-order valence-electron chi connectivity index (χ2n) is 7.64. The lowest BCUT2D eigenvalue weighted by Crippen LogP contribution is -2.39. The fourth-order valence-corrected chi connectivity index (χ4v) is 4.13. The lowest BCUT2D eigenvalue weighted by molar-refractivity contribution is -0.135. The van der Waals surface area contributed by atoms with Gasteiger partial charge in [-0.15, -0.1) is 11.3 Å². The Bertz CT molecular complexity index is 543. The smallest absolute Gasteiger partial charge is 0.227 e. The molecule has 0 aliphatic carbocycles. The Hall–Kier alpha value is -0.980. The maximum absolute atomic E-state index is 12.9. The standard InChI is InChI=1S/C18H32N4OS/c1-13(2)17-19-15(12-24-17)10-22(6)18(23)14-7-8-16(20(3)4)11-21(5)9-14/h12-14,16H,7-11H2,1-6H3/t14-,16+/m1/s1. The van der Waals surface area contributed by atoms with Crippen molar-refractivity contribution in [1.29, 1.82) is 0 Å². The molecule has 2 heterocycles. The molecular weight excluding hydrogens is 320 g/mol. The first-order chi connectivity index (χ1) is 11.3. The van der Waals surface area contributed by atoms with Gasteiger partial charge in [0.25, 0.3) is 0 Å². The molecule has 1 fully saturated rings. The SMILES string of the molecule is CC(C)c1nc(CN(C)C(=O)[C@@H]2CC[C@H](N(C)C)CN(C)C2)cs1. The molecule has 6 heteroatoms. The van der Waals surface area contributed by atoms with E-state index in [1.807, 2.05) is 11.9 Å². The average Bonchev–Trinajstić information content (AvgIpc) is 2.88. The van der Waals surface area contributed by atoms with E-state index in [0.29, 0.717) is 18.5 Å². The van der Waals surface area contributed by atoms with Gasteiger partial charge in [0.2, 0.25) is 5.91 Å². The highest BCUT2D eigenvalue weighted by atomic mass is 32.1. The molecule has 5 nitrogen and oxygen atoms in total. The van der Waals surface area contributed by atoms with Gasteiger partial charge in [0.15, 0.2) is 0 Å². The average molecular weight is 353 g/mol. The molecule has 0 aromatic carbocycles. The molecule has 2 rings (SSSR count). The molecule has 24 heavy (non-hydrogen) atoms. The summed E-state index contributed by atoms with van der Waals surface area (Å²) < 4.78 is 0. The molecule has 0 bridgehead atoms. The first kappa shape index (κ1) is 19.3. The second kappa shape index (κ2) is 8.41. The lowest BCUT2D eigenvalue weighted by atomic mass is 10.00. The van der Waals surface area contributed by atoms with Gasteiger partial charge < -0.3 is 14.7 Å². The summed E-state index contributed by atoms with van der Waals surface area (Å²) in [5, 5.41) is 3.23. The van der Waals surface area contributed by atoms with Crippen molar-refractivity contribution in [1.82, 2.24) is 19.7 Å². The van der Waals surface area contributed by atoms with Crippen LogP contribution < -0.4 is 0 Å². The minimum absolute atomic E-state index is 0.0909. The summed E-state index contributed by atoms with van der Waals surface area (Å²) in [5.41, 5.74) is 1.01. The van der Waals surface area contributed by atoms with E-state index in [9.17, 15) is 4.79 Å². The number of thiazole rings is 1. The molecule has 1 aromatic heterocycles. The molecule has 2 atom stereocenters. The quantitative estimate of drug-likeness (QED) is 0.816. The minimum Gasteiger partial charge on any atom is -0.340 e. The Balaban J connectivity index is 1.96. The van der Waals surface area contributed by atoms with Crippen molar-refractivity contribution in [3.8, 4) is 0 Å². The molecule has 0 saturated carbocycles. The highest BCUT2D eigenvalue weighted by molar-refractivity contribution is 7.09. The fourth-order valence-electron chi connectivity index (χ4n) is 3.30. The Morgan fingerprint density at radius 3 is 2.62 bits per heavy atom. The predicted octanol–water partition coefficient (Wildman–Crippen LogP) is 2.50. The maximum Gasteiger partial charge on any atom is 0.227 e. The van der Waals surface area contributed by atoms with Crippen LogP contribution >= 0.6 is 11.3 Å². The summed E-state index contributed by atoms with van der Waals surface area (Å²) in [7, 11) is 8.28. The predicted molar refractivity (Wildman–Crippen MR) is 100 cm³/mol. The van der Waals surface area contributed by atoms with E-state index in [-0.39, 0.29) is 11.8 Å². The van der Waals surface area contributed by atoms with E-state index in [4.69, 9.17) is 0 Å². The Morgan fingerprint density at radius 2 is 2.04 bits per heavy atom. The van der Waals surface area contributed by atoms with Crippen LogP contribution in [0.25, 0.3) is 0 Å². The third-order valence-electron chi connectivity index (χ3n) is 4.82. The molecular formula is C18H32N4OS. The van der Waals surface area contributed by atoms with Gasteiger partial charge in [-0.05, 0) is 34.0 Å². The Kier molecular flexibility index (Phi) is 6.78. The summed E-state index contributed by atoms with van der Waals surface area (Å²) in [6.07, 6.45) is 2.04. The molecule has 0 radical (unpaired) electrons. The lowest BCUT2D eigenvalue weighted by Gasteiger charge is -2.26. The molecule has 0 N–H and O–H groups in total. The minimum atomic E-state index is 0.0909. The molecule has 1 aliphatic rings. The zero-order valence-electron chi connectivity index (χ0n) is 16.0. The van der Waals surface area contributed by atoms with Gasteiger partial charge in [-0.2, -0.15) is 0 Å². The number of amides is 1. The van der Waals surface area contributed by atoms with E-state index in [0.717, 1.165) is 36.6 Å². The van der Waals surface area contributed by atoms with Crippen molar-refractivity contribution in [3.05, 3.63) is 16.1 Å². The van der Waals surface area contributed by atoms with Crippen molar-refractivity contribution >= 4 is 17.2 Å². The molecule has 1 aliphatic heterocycles. The van der Waals surface area contributed by atoms with Gasteiger partial charge in [0, 0.05) is 37.5 Å². The molecule has 1 amide bonds. The zero-order valence-corrected chi connectivity index (χ0v) is 16.8. The number of likely N-dealkylation sites (tertiary alicyclic amines) is 1. The number of likely N-dealkylation sites (N-methyl/N-ethyl adjacent to an activating group) is 2. The fraction of sp³-hybridized carbons (Fsp3) is 0.778. The van der Waals surface area contributed by atoms with E-state index >= 15 is 0 Å². The van der Waals surface area contributed by atoms with Crippen LogP contribution in [0.4, 0.5) is 0 Å². The number of carbonyl (C=O) groups is 1. The largest absolute Gasteiger partial charge is 0.340 e. The zero-order chi connectivity index (χ0) is 17.9. The van der Waals surface area contributed by atoms with Gasteiger partial charge >= 0.3 is 0 Å². The molecule has 1 saturated heterocycles. The number of carbonyl (C=O) groups excluding carboxylic acids is 1. The van der Waals surface area contributed by atoms with Gasteiger partial charge in [-0.1, -0.05) is 13.8 Å². The first-order valence-electron chi connectivity index (χ1n) is 8.82. The summed E-state index contributed by atoms with van der Waals surface area (Å²) in [6.45, 7) is 6.80. The normalized spacial score (nSPS) is 22.8. The van der Waals surface area contributed by atoms with Crippen molar-refractivity contribution in [3.63, 3.8) is 0 Å². The van der Waals surface area contributed by atoms with Gasteiger partial charge in [-0.3, -0.25) is 4.79 Å². The molecule has 1 aromatic rings. The summed E-state index contributed by atoms with van der Waals surface area (Å²) in [6, 6.07) is 0.533. The molecule has 136 valence electrons. The van der Waals surface area contributed by atoms with E-state index < -0.39 is 0 Å². The monoisotopic (exact) mass is 352 g/mol. The van der Waals surface area contributed by atoms with Gasteiger partial charge in [-0.25, -0.2) is 4.98 Å². The highest BCUT2D eigenvalue weighted by Crippen LogP contribution is 2.22. The number of hydrogen-bond acceptors (Lipinski definition) is 5. The third kappa shape index (κ3) is 5.01. The van der Waals surface area contributed by atoms with Crippen molar-refractivity contribution in [2.24, 2.45) is 5.92 Å². The highest BCUT2D eigenvalue weighted by Gasteiger charge is 2.29. The third-order valence-corrected chi connectivity index (χ3v) is 6.02. The first-order valence-corrected chi connectivity index (χ1v) is 9.70.